The summed E-state index contributed by atoms with van der Waals surface area (Å²) in [5, 5.41) is 0. The Kier molecular flexibility index (Phi) is 3.03. The molecule has 0 aromatic carbocycles. The Morgan fingerprint density at radius 1 is 1.53 bits per heavy atom. The predicted octanol–water partition coefficient (Wildman–Crippen LogP) is 1.81. The maximum atomic E-state index is 6.23. The van der Waals surface area contributed by atoms with E-state index in [2.05, 4.69) is 11.9 Å². The number of methoxy groups -OCH3 is 1. The summed E-state index contributed by atoms with van der Waals surface area (Å²) in [5.74, 6) is 0.643. The lowest BCUT2D eigenvalue weighted by Crippen LogP contribution is -2.30. The Hall–Kier alpha value is -0.930. The maximum Gasteiger partial charge on any atom is 0.0792 e. The van der Waals surface area contributed by atoms with E-state index in [9.17, 15) is 0 Å². The first kappa shape index (κ1) is 10.6. The zero-order valence-corrected chi connectivity index (χ0v) is 9.31. The van der Waals surface area contributed by atoms with Crippen LogP contribution in [0, 0.1) is 12.8 Å². The van der Waals surface area contributed by atoms with Crippen molar-refractivity contribution in [3.8, 4) is 0 Å². The number of hydrogen-bond acceptors (Lipinski definition) is 3. The van der Waals surface area contributed by atoms with Crippen LogP contribution in [0.5, 0.6) is 0 Å². The average molecular weight is 206 g/mol. The molecule has 15 heavy (non-hydrogen) atoms. The van der Waals surface area contributed by atoms with Gasteiger partial charge in [-0.25, -0.2) is 0 Å². The topological polar surface area (TPSA) is 48.1 Å². The zero-order chi connectivity index (χ0) is 10.8. The SMILES string of the molecule is COC(C1CC1)C(N)c1cnccc1C. The lowest BCUT2D eigenvalue weighted by Gasteiger charge is -2.23. The summed E-state index contributed by atoms with van der Waals surface area (Å²) < 4.78 is 5.49. The summed E-state index contributed by atoms with van der Waals surface area (Å²) in [4.78, 5) is 4.13. The lowest BCUT2D eigenvalue weighted by atomic mass is 9.97. The highest BCUT2D eigenvalue weighted by molar-refractivity contribution is 5.26. The fourth-order valence-corrected chi connectivity index (χ4v) is 2.06. The van der Waals surface area contributed by atoms with Gasteiger partial charge in [0.15, 0.2) is 0 Å². The number of aryl methyl sites for hydroxylation is 1. The molecule has 0 amide bonds. The van der Waals surface area contributed by atoms with E-state index in [1.54, 1.807) is 13.3 Å². The molecule has 2 atom stereocenters. The molecular formula is C12H18N2O. The van der Waals surface area contributed by atoms with Crippen LogP contribution in [0.1, 0.15) is 30.0 Å². The quantitative estimate of drug-likeness (QED) is 0.817. The first-order chi connectivity index (χ1) is 7.24. The Labute approximate surface area is 90.7 Å². The van der Waals surface area contributed by atoms with Gasteiger partial charge in [-0.05, 0) is 42.9 Å². The number of nitrogens with zero attached hydrogens (tertiary/aromatic N) is 1. The fraction of sp³-hybridized carbons (Fsp3) is 0.583. The van der Waals surface area contributed by atoms with Crippen LogP contribution in [0.15, 0.2) is 18.5 Å². The van der Waals surface area contributed by atoms with Crippen molar-refractivity contribution in [2.24, 2.45) is 11.7 Å². The largest absolute Gasteiger partial charge is 0.379 e. The summed E-state index contributed by atoms with van der Waals surface area (Å²) in [5.41, 5.74) is 8.53. The zero-order valence-electron chi connectivity index (χ0n) is 9.31. The van der Waals surface area contributed by atoms with Crippen LogP contribution in [-0.4, -0.2) is 18.2 Å². The number of pyridine rings is 1. The van der Waals surface area contributed by atoms with Crippen LogP contribution in [0.2, 0.25) is 0 Å². The second kappa shape index (κ2) is 4.29. The van der Waals surface area contributed by atoms with Crippen LogP contribution >= 0.6 is 0 Å². The summed E-state index contributed by atoms with van der Waals surface area (Å²) >= 11 is 0. The van der Waals surface area contributed by atoms with Crippen molar-refractivity contribution < 1.29 is 4.74 Å². The third kappa shape index (κ3) is 2.19. The van der Waals surface area contributed by atoms with E-state index >= 15 is 0 Å². The van der Waals surface area contributed by atoms with Crippen molar-refractivity contribution >= 4 is 0 Å². The van der Waals surface area contributed by atoms with Gasteiger partial charge in [-0.3, -0.25) is 4.98 Å². The van der Waals surface area contributed by atoms with E-state index in [0.717, 1.165) is 5.56 Å². The molecule has 0 radical (unpaired) electrons. The predicted molar refractivity (Wildman–Crippen MR) is 59.4 cm³/mol. The molecule has 3 heteroatoms. The molecule has 0 aliphatic heterocycles. The van der Waals surface area contributed by atoms with Gasteiger partial charge in [-0.2, -0.15) is 0 Å². The highest BCUT2D eigenvalue weighted by Crippen LogP contribution is 2.39. The molecule has 1 aromatic heterocycles. The molecule has 0 spiro atoms. The normalized spacial score (nSPS) is 19.9. The molecule has 1 fully saturated rings. The molecular weight excluding hydrogens is 188 g/mol. The Morgan fingerprint density at radius 3 is 2.80 bits per heavy atom. The Bertz CT molecular complexity index is 336. The second-order valence-electron chi connectivity index (χ2n) is 4.30. The molecule has 1 aromatic rings. The van der Waals surface area contributed by atoms with Crippen LogP contribution in [0.25, 0.3) is 0 Å². The summed E-state index contributed by atoms with van der Waals surface area (Å²) in [7, 11) is 1.74. The minimum absolute atomic E-state index is 0.0452. The minimum atomic E-state index is -0.0452. The maximum absolute atomic E-state index is 6.23. The van der Waals surface area contributed by atoms with Crippen molar-refractivity contribution in [2.75, 3.05) is 7.11 Å². The molecule has 2 N–H and O–H groups in total. The first-order valence-electron chi connectivity index (χ1n) is 5.43. The van der Waals surface area contributed by atoms with Crippen LogP contribution in [0.3, 0.4) is 0 Å². The number of ether oxygens (including phenoxy) is 1. The van der Waals surface area contributed by atoms with E-state index in [4.69, 9.17) is 10.5 Å². The molecule has 0 bridgehead atoms. The molecule has 1 aliphatic carbocycles. The number of aromatic nitrogens is 1. The van der Waals surface area contributed by atoms with Gasteiger partial charge in [-0.15, -0.1) is 0 Å². The van der Waals surface area contributed by atoms with Gasteiger partial charge in [0.05, 0.1) is 12.1 Å². The fourth-order valence-electron chi connectivity index (χ4n) is 2.06. The number of rotatable bonds is 4. The van der Waals surface area contributed by atoms with E-state index in [1.807, 2.05) is 12.3 Å². The van der Waals surface area contributed by atoms with Crippen LogP contribution < -0.4 is 5.73 Å². The highest BCUT2D eigenvalue weighted by Gasteiger charge is 2.36. The molecule has 3 nitrogen and oxygen atoms in total. The smallest absolute Gasteiger partial charge is 0.0792 e. The van der Waals surface area contributed by atoms with Gasteiger partial charge < -0.3 is 10.5 Å². The highest BCUT2D eigenvalue weighted by atomic mass is 16.5. The van der Waals surface area contributed by atoms with Gasteiger partial charge in [-0.1, -0.05) is 0 Å². The van der Waals surface area contributed by atoms with Gasteiger partial charge in [0.1, 0.15) is 0 Å². The third-order valence-electron chi connectivity index (χ3n) is 3.15. The molecule has 0 saturated heterocycles. The molecule has 2 rings (SSSR count). The Balaban J connectivity index is 2.18. The van der Waals surface area contributed by atoms with E-state index in [-0.39, 0.29) is 12.1 Å². The number of hydrogen-bond donors (Lipinski definition) is 1. The minimum Gasteiger partial charge on any atom is -0.379 e. The summed E-state index contributed by atoms with van der Waals surface area (Å²) in [6.07, 6.45) is 6.28. The third-order valence-corrected chi connectivity index (χ3v) is 3.15. The van der Waals surface area contributed by atoms with E-state index < -0.39 is 0 Å². The molecule has 1 heterocycles. The van der Waals surface area contributed by atoms with Crippen molar-refractivity contribution in [2.45, 2.75) is 31.9 Å². The monoisotopic (exact) mass is 206 g/mol. The lowest BCUT2D eigenvalue weighted by molar-refractivity contribution is 0.0621. The van der Waals surface area contributed by atoms with Crippen molar-refractivity contribution in [1.29, 1.82) is 0 Å². The molecule has 1 saturated carbocycles. The van der Waals surface area contributed by atoms with E-state index in [1.165, 1.54) is 18.4 Å². The van der Waals surface area contributed by atoms with Gasteiger partial charge >= 0.3 is 0 Å². The molecule has 82 valence electrons. The summed E-state index contributed by atoms with van der Waals surface area (Å²) in [6, 6.07) is 1.95. The molecule has 2 unspecified atom stereocenters. The van der Waals surface area contributed by atoms with Gasteiger partial charge in [0, 0.05) is 19.5 Å². The van der Waals surface area contributed by atoms with Gasteiger partial charge in [0.25, 0.3) is 0 Å². The van der Waals surface area contributed by atoms with Crippen molar-refractivity contribution in [3.63, 3.8) is 0 Å². The van der Waals surface area contributed by atoms with Gasteiger partial charge in [0.2, 0.25) is 0 Å². The van der Waals surface area contributed by atoms with Crippen molar-refractivity contribution in [1.82, 2.24) is 4.98 Å². The van der Waals surface area contributed by atoms with Crippen LogP contribution in [-0.2, 0) is 4.74 Å². The van der Waals surface area contributed by atoms with Crippen molar-refractivity contribution in [3.05, 3.63) is 29.6 Å². The first-order valence-corrected chi connectivity index (χ1v) is 5.43. The van der Waals surface area contributed by atoms with E-state index in [0.29, 0.717) is 5.92 Å². The standard InChI is InChI=1S/C12H18N2O/c1-8-5-6-14-7-10(8)11(13)12(15-2)9-3-4-9/h5-7,9,11-12H,3-4,13H2,1-2H3. The average Bonchev–Trinajstić information content (AvgIpc) is 3.03. The molecule has 1 aliphatic rings. The Morgan fingerprint density at radius 2 is 2.27 bits per heavy atom. The van der Waals surface area contributed by atoms with Crippen LogP contribution in [0.4, 0.5) is 0 Å². The second-order valence-corrected chi connectivity index (χ2v) is 4.30. The summed E-state index contributed by atoms with van der Waals surface area (Å²) in [6.45, 7) is 2.07. The number of nitrogens with two attached hydrogens (primary N) is 1.